The molecule has 0 amide bonds. The van der Waals surface area contributed by atoms with Crippen molar-refractivity contribution in [2.24, 2.45) is 4.99 Å². The van der Waals surface area contributed by atoms with E-state index in [1.54, 1.807) is 14.2 Å². The zero-order valence-electron chi connectivity index (χ0n) is 8.28. The van der Waals surface area contributed by atoms with E-state index in [1.807, 2.05) is 0 Å². The van der Waals surface area contributed by atoms with Crippen molar-refractivity contribution in [3.8, 4) is 0 Å². The van der Waals surface area contributed by atoms with Gasteiger partial charge in [-0.15, -0.1) is 0 Å². The van der Waals surface area contributed by atoms with Crippen molar-refractivity contribution in [2.45, 2.75) is 24.8 Å². The number of methoxy groups -OCH3 is 2. The monoisotopic (exact) mass is 203 g/mol. The lowest BCUT2D eigenvalue weighted by Crippen LogP contribution is -2.14. The molecule has 0 fully saturated rings. The molecule has 0 aliphatic carbocycles. The second kappa shape index (κ2) is 9.60. The molecule has 0 aromatic carbocycles. The fourth-order valence-corrected chi connectivity index (χ4v) is 2.73. The molecule has 0 heterocycles. The largest absolute Gasteiger partial charge is 0.356 e. The van der Waals surface area contributed by atoms with E-state index < -0.39 is 0 Å². The van der Waals surface area contributed by atoms with Gasteiger partial charge in [0.2, 0.25) is 6.08 Å². The van der Waals surface area contributed by atoms with Crippen LogP contribution >= 0.6 is 0 Å². The minimum atomic E-state index is -0.126. The van der Waals surface area contributed by atoms with Crippen LogP contribution in [0.25, 0.3) is 0 Å². The molecule has 0 rings (SSSR count). The summed E-state index contributed by atoms with van der Waals surface area (Å²) in [6.07, 6.45) is 2.48. The van der Waals surface area contributed by atoms with E-state index in [2.05, 4.69) is 4.99 Å². The summed E-state index contributed by atoms with van der Waals surface area (Å²) in [5.74, 6) is 0. The topological polar surface area (TPSA) is 47.9 Å². The van der Waals surface area contributed by atoms with Crippen LogP contribution in [0.3, 0.4) is 0 Å². The third kappa shape index (κ3) is 7.86. The molecule has 5 heteroatoms. The second-order valence-corrected chi connectivity index (χ2v) is 4.71. The molecule has 0 radical (unpaired) electrons. The second-order valence-electron chi connectivity index (χ2n) is 2.72. The Labute approximate surface area is 81.2 Å². The Kier molecular flexibility index (Phi) is 9.25. The van der Waals surface area contributed by atoms with Crippen LogP contribution in [0.15, 0.2) is 4.99 Å². The Balaban J connectivity index is 3.18. The molecule has 0 saturated heterocycles. The van der Waals surface area contributed by atoms with E-state index in [4.69, 9.17) is 9.47 Å². The maximum atomic E-state index is 9.72. The van der Waals surface area contributed by atoms with Crippen molar-refractivity contribution in [3.05, 3.63) is 0 Å². The van der Waals surface area contributed by atoms with Gasteiger partial charge >= 0.3 is 0 Å². The normalized spacial score (nSPS) is 11.0. The van der Waals surface area contributed by atoms with Crippen LogP contribution < -0.4 is 0 Å². The van der Waals surface area contributed by atoms with Crippen molar-refractivity contribution < 1.29 is 14.3 Å². The molecular formula is C8H17NO3Si. The Morgan fingerprint density at radius 1 is 1.46 bits per heavy atom. The molecule has 0 bridgehead atoms. The van der Waals surface area contributed by atoms with Gasteiger partial charge < -0.3 is 9.47 Å². The minimum absolute atomic E-state index is 0.0405. The highest BCUT2D eigenvalue weighted by atomic mass is 28.2. The van der Waals surface area contributed by atoms with Crippen LogP contribution in [-0.4, -0.2) is 42.7 Å². The Bertz CT molecular complexity index is 155. The Hall–Kier alpha value is -0.483. The Morgan fingerprint density at radius 3 is 2.69 bits per heavy atom. The number of carbonyl (C=O) groups excluding carboxylic acids is 1. The number of nitrogens with zero attached hydrogens (tertiary/aromatic N) is 1. The maximum Gasteiger partial charge on any atom is 0.234 e. The summed E-state index contributed by atoms with van der Waals surface area (Å²) in [7, 11) is 3.18. The quantitative estimate of drug-likeness (QED) is 0.188. The van der Waals surface area contributed by atoms with Crippen LogP contribution in [0, 0.1) is 0 Å². The van der Waals surface area contributed by atoms with Crippen molar-refractivity contribution in [1.29, 1.82) is 0 Å². The fourth-order valence-electron chi connectivity index (χ4n) is 1.06. The summed E-state index contributed by atoms with van der Waals surface area (Å²) in [4.78, 5) is 13.2. The molecular weight excluding hydrogens is 186 g/mol. The minimum Gasteiger partial charge on any atom is -0.356 e. The molecule has 4 nitrogen and oxygen atoms in total. The zero-order chi connectivity index (χ0) is 9.94. The third-order valence-electron chi connectivity index (χ3n) is 1.80. The molecule has 0 N–H and O–H groups in total. The van der Waals surface area contributed by atoms with Crippen molar-refractivity contribution >= 4 is 15.6 Å². The first-order valence-electron chi connectivity index (χ1n) is 4.44. The summed E-state index contributed by atoms with van der Waals surface area (Å²) in [6.45, 7) is 0.612. The Morgan fingerprint density at radius 2 is 2.15 bits per heavy atom. The summed E-state index contributed by atoms with van der Waals surface area (Å²) >= 11 is 0. The van der Waals surface area contributed by atoms with E-state index in [-0.39, 0.29) is 15.8 Å². The number of aliphatic imine (C=N–C) groups is 1. The van der Waals surface area contributed by atoms with Gasteiger partial charge in [-0.3, -0.25) is 0 Å². The number of hydrogen-bond acceptors (Lipinski definition) is 4. The number of hydrogen-bond donors (Lipinski definition) is 0. The lowest BCUT2D eigenvalue weighted by Gasteiger charge is -2.11. The van der Waals surface area contributed by atoms with Gasteiger partial charge in [-0.2, -0.15) is 0 Å². The predicted molar refractivity (Wildman–Crippen MR) is 53.6 cm³/mol. The summed E-state index contributed by atoms with van der Waals surface area (Å²) in [5, 5.41) is 0. The lowest BCUT2D eigenvalue weighted by molar-refractivity contribution is -0.0876. The van der Waals surface area contributed by atoms with E-state index in [0.29, 0.717) is 6.54 Å². The highest BCUT2D eigenvalue weighted by Gasteiger charge is 2.03. The highest BCUT2D eigenvalue weighted by Crippen LogP contribution is 2.01. The molecule has 0 spiro atoms. The van der Waals surface area contributed by atoms with Crippen LogP contribution in [-0.2, 0) is 14.3 Å². The molecule has 0 aliphatic heterocycles. The van der Waals surface area contributed by atoms with E-state index in [0.717, 1.165) is 12.5 Å². The van der Waals surface area contributed by atoms with Crippen molar-refractivity contribution in [3.63, 3.8) is 0 Å². The molecule has 0 aromatic rings. The van der Waals surface area contributed by atoms with Gasteiger partial charge in [0.15, 0.2) is 6.29 Å². The van der Waals surface area contributed by atoms with Crippen LogP contribution in [0.4, 0.5) is 0 Å². The van der Waals surface area contributed by atoms with Gasteiger partial charge in [0, 0.05) is 23.7 Å². The number of ether oxygens (including phenoxy) is 2. The zero-order valence-corrected chi connectivity index (χ0v) is 9.70. The van der Waals surface area contributed by atoms with Gasteiger partial charge in [-0.1, -0.05) is 6.04 Å². The van der Waals surface area contributed by atoms with Crippen LogP contribution in [0.1, 0.15) is 6.42 Å². The summed E-state index contributed by atoms with van der Waals surface area (Å²) < 4.78 is 10.1. The first kappa shape index (κ1) is 12.5. The predicted octanol–water partition coefficient (Wildman–Crippen LogP) is 0.337. The van der Waals surface area contributed by atoms with Gasteiger partial charge in [-0.25, -0.2) is 9.79 Å². The SMILES string of the molecule is COC(C[SiH2]CCCN=C=O)OC. The molecule has 0 unspecified atom stereocenters. The van der Waals surface area contributed by atoms with Crippen LogP contribution in [0.5, 0.6) is 0 Å². The molecule has 0 aromatic heterocycles. The molecule has 76 valence electrons. The first-order valence-corrected chi connectivity index (χ1v) is 6.44. The molecule has 0 atom stereocenters. The van der Waals surface area contributed by atoms with Crippen molar-refractivity contribution in [1.82, 2.24) is 0 Å². The smallest absolute Gasteiger partial charge is 0.234 e. The summed E-state index contributed by atoms with van der Waals surface area (Å²) in [5.41, 5.74) is 0. The van der Waals surface area contributed by atoms with Crippen molar-refractivity contribution in [2.75, 3.05) is 20.8 Å². The van der Waals surface area contributed by atoms with Gasteiger partial charge in [0.25, 0.3) is 0 Å². The van der Waals surface area contributed by atoms with Gasteiger partial charge in [0.05, 0.1) is 6.54 Å². The third-order valence-corrected chi connectivity index (χ3v) is 3.68. The van der Waals surface area contributed by atoms with Gasteiger partial charge in [0.1, 0.15) is 0 Å². The average molecular weight is 203 g/mol. The maximum absolute atomic E-state index is 9.72. The van der Waals surface area contributed by atoms with E-state index >= 15 is 0 Å². The first-order chi connectivity index (χ1) is 6.35. The van der Waals surface area contributed by atoms with E-state index in [9.17, 15) is 4.79 Å². The summed E-state index contributed by atoms with van der Waals surface area (Å²) in [6, 6.07) is 2.20. The lowest BCUT2D eigenvalue weighted by atomic mass is 10.5. The van der Waals surface area contributed by atoms with Crippen LogP contribution in [0.2, 0.25) is 12.1 Å². The molecule has 0 saturated carbocycles. The number of isocyanates is 1. The van der Waals surface area contributed by atoms with Gasteiger partial charge in [-0.05, 0) is 12.5 Å². The fraction of sp³-hybridized carbons (Fsp3) is 0.875. The van der Waals surface area contributed by atoms with E-state index in [1.165, 1.54) is 12.1 Å². The average Bonchev–Trinajstić information content (AvgIpc) is 2.17. The molecule has 0 aliphatic rings. The molecule has 13 heavy (non-hydrogen) atoms. The standard InChI is InChI=1S/C8H17NO3Si/c1-11-8(12-2)6-13-5-3-4-9-7-10/h8H,3-6,13H2,1-2H3. The highest BCUT2D eigenvalue weighted by molar-refractivity contribution is 6.35. The number of rotatable bonds is 8.